The molecule has 0 radical (unpaired) electrons. The van der Waals surface area contributed by atoms with Crippen molar-refractivity contribution in [3.63, 3.8) is 0 Å². The van der Waals surface area contributed by atoms with Crippen LogP contribution in [0.3, 0.4) is 0 Å². The van der Waals surface area contributed by atoms with Gasteiger partial charge in [-0.25, -0.2) is 4.79 Å². The number of hydrogen-bond donors (Lipinski definition) is 2. The highest BCUT2D eigenvalue weighted by molar-refractivity contribution is 5.70. The third kappa shape index (κ3) is 3.94. The minimum atomic E-state index is -3.08. The second-order valence-corrected chi connectivity index (χ2v) is 4.85. The molecule has 2 rings (SSSR count). The number of amides is 1. The van der Waals surface area contributed by atoms with Crippen molar-refractivity contribution in [2.24, 2.45) is 0 Å². The van der Waals surface area contributed by atoms with Gasteiger partial charge in [0.25, 0.3) is 0 Å². The first kappa shape index (κ1) is 18.0. The maximum atomic E-state index is 13.1. The maximum absolute atomic E-state index is 13.1. The Balaban J connectivity index is 2.55. The van der Waals surface area contributed by atoms with E-state index >= 15 is 0 Å². The lowest BCUT2D eigenvalue weighted by Gasteiger charge is -2.15. The Labute approximate surface area is 139 Å². The average Bonchev–Trinajstić information content (AvgIpc) is 2.99. The minimum Gasteiger partial charge on any atom is -0.465 e. The second-order valence-electron chi connectivity index (χ2n) is 4.85. The highest BCUT2D eigenvalue weighted by Gasteiger charge is 2.27. The van der Waals surface area contributed by atoms with Crippen LogP contribution in [0.25, 0.3) is 11.3 Å². The first-order valence-corrected chi connectivity index (χ1v) is 6.91. The van der Waals surface area contributed by atoms with Crippen LogP contribution in [0.4, 0.5) is 19.3 Å². The first-order valence-electron chi connectivity index (χ1n) is 6.91. The van der Waals surface area contributed by atoms with Crippen LogP contribution in [0.5, 0.6) is 0 Å². The van der Waals surface area contributed by atoms with Gasteiger partial charge in [-0.05, 0) is 18.6 Å². The summed E-state index contributed by atoms with van der Waals surface area (Å²) >= 11 is 0. The predicted molar refractivity (Wildman–Crippen MR) is 82.1 cm³/mol. The van der Waals surface area contributed by atoms with Crippen molar-refractivity contribution < 1.29 is 23.6 Å². The number of pyridine rings is 1. The van der Waals surface area contributed by atoms with Gasteiger partial charge in [-0.2, -0.15) is 18.6 Å². The van der Waals surface area contributed by atoms with E-state index < -0.39 is 35.0 Å². The number of carboxylic acid groups (broad SMARTS) is 1. The molecule has 2 heterocycles. The topological polar surface area (TPSA) is 123 Å². The molecule has 0 saturated carbocycles. The molecule has 0 bridgehead atoms. The van der Waals surface area contributed by atoms with Gasteiger partial charge in [0.15, 0.2) is 5.69 Å². The Morgan fingerprint density at radius 2 is 2.28 bits per heavy atom. The van der Waals surface area contributed by atoms with E-state index in [-0.39, 0.29) is 22.4 Å². The first-order chi connectivity index (χ1) is 11.8. The average molecular weight is 353 g/mol. The van der Waals surface area contributed by atoms with E-state index in [9.17, 15) is 23.7 Å². The van der Waals surface area contributed by atoms with Crippen molar-refractivity contribution in [2.45, 2.75) is 19.0 Å². The van der Waals surface area contributed by atoms with Crippen LogP contribution >= 0.6 is 0 Å². The van der Waals surface area contributed by atoms with Crippen LogP contribution in [-0.4, -0.2) is 30.9 Å². The third-order valence-electron chi connectivity index (χ3n) is 3.27. The Morgan fingerprint density at radius 3 is 2.84 bits per heavy atom. The van der Waals surface area contributed by atoms with E-state index in [0.29, 0.717) is 0 Å². The number of alkyl halides is 2. The number of halogens is 2. The van der Waals surface area contributed by atoms with Crippen molar-refractivity contribution in [3.05, 3.63) is 53.0 Å². The Kier molecular flexibility index (Phi) is 5.37. The molecule has 0 aromatic carbocycles. The van der Waals surface area contributed by atoms with Crippen LogP contribution in [0.1, 0.15) is 24.7 Å². The molecule has 0 unspecified atom stereocenters. The van der Waals surface area contributed by atoms with E-state index in [0.717, 1.165) is 6.20 Å². The van der Waals surface area contributed by atoms with Crippen molar-refractivity contribution >= 4 is 11.8 Å². The monoisotopic (exact) mass is 353 g/mol. The Morgan fingerprint density at radius 1 is 1.56 bits per heavy atom. The third-order valence-corrected chi connectivity index (χ3v) is 3.27. The van der Waals surface area contributed by atoms with E-state index in [1.54, 1.807) is 0 Å². The largest absolute Gasteiger partial charge is 0.465 e. The Hall–Kier alpha value is -3.37. The fourth-order valence-corrected chi connectivity index (χ4v) is 2.27. The van der Waals surface area contributed by atoms with E-state index in [4.69, 9.17) is 5.11 Å². The normalized spacial score (nSPS) is 12.0. The summed E-state index contributed by atoms with van der Waals surface area (Å²) in [6, 6.07) is 1.82. The van der Waals surface area contributed by atoms with Crippen molar-refractivity contribution in [2.75, 3.05) is 0 Å². The molecule has 25 heavy (non-hydrogen) atoms. The lowest BCUT2D eigenvalue weighted by molar-refractivity contribution is -0.384. The molecule has 0 aliphatic rings. The number of nitrogens with zero attached hydrogens (tertiary/aromatic N) is 4. The smallest absolute Gasteiger partial charge is 0.405 e. The summed E-state index contributed by atoms with van der Waals surface area (Å²) in [5.74, 6) is 0. The number of nitrogens with one attached hydrogen (secondary N) is 1. The highest BCUT2D eigenvalue weighted by Crippen LogP contribution is 2.33. The summed E-state index contributed by atoms with van der Waals surface area (Å²) in [6.07, 6.45) is 2.33. The van der Waals surface area contributed by atoms with Gasteiger partial charge in [-0.1, -0.05) is 6.08 Å². The van der Waals surface area contributed by atoms with Crippen molar-refractivity contribution in [1.82, 2.24) is 20.1 Å². The maximum Gasteiger partial charge on any atom is 0.405 e. The molecule has 0 aliphatic carbocycles. The van der Waals surface area contributed by atoms with E-state index in [1.165, 1.54) is 24.4 Å². The Bertz CT molecular complexity index is 808. The molecular weight excluding hydrogens is 340 g/mol. The molecule has 132 valence electrons. The zero-order valence-electron chi connectivity index (χ0n) is 12.7. The van der Waals surface area contributed by atoms with Gasteiger partial charge < -0.3 is 10.4 Å². The molecule has 0 spiro atoms. The molecule has 11 heteroatoms. The molecule has 0 fully saturated rings. The molecule has 1 amide bonds. The van der Waals surface area contributed by atoms with Gasteiger partial charge in [-0.3, -0.25) is 15.1 Å². The van der Waals surface area contributed by atoms with Crippen molar-refractivity contribution in [3.8, 4) is 11.3 Å². The van der Waals surface area contributed by atoms with Gasteiger partial charge >= 0.3 is 18.3 Å². The lowest BCUT2D eigenvalue weighted by atomic mass is 10.1. The predicted octanol–water partition coefficient (Wildman–Crippen LogP) is 3.13. The summed E-state index contributed by atoms with van der Waals surface area (Å²) in [5.41, 5.74) is -0.716. The minimum absolute atomic E-state index is 0.0655. The van der Waals surface area contributed by atoms with E-state index in [2.05, 4.69) is 22.0 Å². The van der Waals surface area contributed by atoms with Gasteiger partial charge in [-0.15, -0.1) is 6.58 Å². The number of aromatic nitrogens is 3. The zero-order valence-corrected chi connectivity index (χ0v) is 12.7. The van der Waals surface area contributed by atoms with Gasteiger partial charge in [0.05, 0.1) is 16.7 Å². The fraction of sp³-hybridized carbons (Fsp3) is 0.214. The molecule has 2 aromatic heterocycles. The van der Waals surface area contributed by atoms with Crippen molar-refractivity contribution in [1.29, 1.82) is 0 Å². The zero-order chi connectivity index (χ0) is 18.6. The summed E-state index contributed by atoms with van der Waals surface area (Å²) in [6.45, 7) is 0.435. The lowest BCUT2D eigenvalue weighted by Crippen LogP contribution is -2.27. The van der Waals surface area contributed by atoms with Gasteiger partial charge in [0, 0.05) is 11.8 Å². The number of rotatable bonds is 7. The molecule has 2 N–H and O–H groups in total. The fourth-order valence-electron chi connectivity index (χ4n) is 2.27. The van der Waals surface area contributed by atoms with Crippen LogP contribution in [0, 0.1) is 10.1 Å². The van der Waals surface area contributed by atoms with Gasteiger partial charge in [0.2, 0.25) is 0 Å². The number of hydrogen-bond acceptors (Lipinski definition) is 5. The molecule has 0 aliphatic heterocycles. The van der Waals surface area contributed by atoms with Crippen LogP contribution in [0.2, 0.25) is 0 Å². The standard InChI is InChI=1S/C14H13F2N5O4/c1-2-3-9(19-14(22)23)10-6-8(4-5-17-10)12-11(21(24)25)7-18-20(12)13(15)16/h2,4-7,9,13,19H,1,3H2,(H,22,23)/t9-/m1/s1. The van der Waals surface area contributed by atoms with E-state index in [1.807, 2.05) is 0 Å². The SMILES string of the molecule is C=CC[C@@H](NC(=O)O)c1cc(-c2c([N+](=O)[O-])cnn2C(F)F)ccn1. The molecule has 2 aromatic rings. The summed E-state index contributed by atoms with van der Waals surface area (Å²) in [4.78, 5) is 25.2. The summed E-state index contributed by atoms with van der Waals surface area (Å²) in [7, 11) is 0. The summed E-state index contributed by atoms with van der Waals surface area (Å²) in [5, 5.41) is 25.5. The number of nitro groups is 1. The second kappa shape index (κ2) is 7.47. The molecule has 1 atom stereocenters. The summed E-state index contributed by atoms with van der Waals surface area (Å²) < 4.78 is 26.4. The van der Waals surface area contributed by atoms with Crippen LogP contribution in [-0.2, 0) is 0 Å². The van der Waals surface area contributed by atoms with Gasteiger partial charge in [0.1, 0.15) is 6.20 Å². The van der Waals surface area contributed by atoms with Crippen LogP contribution in [0.15, 0.2) is 37.2 Å². The highest BCUT2D eigenvalue weighted by atomic mass is 19.3. The molecular formula is C14H13F2N5O4. The molecule has 9 nitrogen and oxygen atoms in total. The molecule has 0 saturated heterocycles. The number of carbonyl (C=O) groups is 1. The van der Waals surface area contributed by atoms with Crippen LogP contribution < -0.4 is 5.32 Å². The quantitative estimate of drug-likeness (QED) is 0.448.